The Kier molecular flexibility index (Phi) is 6.95. The highest BCUT2D eigenvalue weighted by Crippen LogP contribution is 2.27. The Morgan fingerprint density at radius 1 is 1.59 bits per heavy atom. The second kappa shape index (κ2) is 7.37. The number of nitrogens with one attached hydrogen (secondary N) is 1. The zero-order valence-corrected chi connectivity index (χ0v) is 11.3. The number of hydrogen-bond donors (Lipinski definition) is 2. The van der Waals surface area contributed by atoms with E-state index in [1.54, 1.807) is 18.2 Å². The lowest BCUT2D eigenvalue weighted by Gasteiger charge is -2.11. The third-order valence-corrected chi connectivity index (χ3v) is 2.49. The van der Waals surface area contributed by atoms with Gasteiger partial charge in [0.1, 0.15) is 5.75 Å². The summed E-state index contributed by atoms with van der Waals surface area (Å²) in [5, 5.41) is 3.13. The van der Waals surface area contributed by atoms with E-state index >= 15 is 0 Å². The van der Waals surface area contributed by atoms with Gasteiger partial charge in [-0.2, -0.15) is 0 Å². The molecule has 0 heterocycles. The molecule has 1 aromatic carbocycles. The van der Waals surface area contributed by atoms with Gasteiger partial charge in [-0.1, -0.05) is 18.5 Å². The zero-order valence-electron chi connectivity index (χ0n) is 9.70. The van der Waals surface area contributed by atoms with Crippen molar-refractivity contribution in [3.05, 3.63) is 23.2 Å². The maximum Gasteiger partial charge on any atom is 0.241 e. The number of halogens is 2. The van der Waals surface area contributed by atoms with E-state index in [1.807, 2.05) is 6.92 Å². The molecule has 0 fully saturated rings. The molecule has 1 rings (SSSR count). The predicted octanol–water partition coefficient (Wildman–Crippen LogP) is 2.45. The van der Waals surface area contributed by atoms with E-state index < -0.39 is 6.04 Å². The van der Waals surface area contributed by atoms with Crippen LogP contribution in [0, 0.1) is 0 Å². The summed E-state index contributed by atoms with van der Waals surface area (Å²) in [4.78, 5) is 11.5. The van der Waals surface area contributed by atoms with Crippen molar-refractivity contribution in [3.8, 4) is 5.75 Å². The van der Waals surface area contributed by atoms with E-state index in [2.05, 4.69) is 5.32 Å². The first-order valence-electron chi connectivity index (χ1n) is 4.98. The second-order valence-electron chi connectivity index (χ2n) is 3.35. The number of hydrogen-bond acceptors (Lipinski definition) is 3. The number of benzene rings is 1. The van der Waals surface area contributed by atoms with Crippen LogP contribution in [-0.4, -0.2) is 19.1 Å². The van der Waals surface area contributed by atoms with Gasteiger partial charge in [0.25, 0.3) is 0 Å². The quantitative estimate of drug-likeness (QED) is 0.889. The highest BCUT2D eigenvalue weighted by molar-refractivity contribution is 6.32. The topological polar surface area (TPSA) is 64.4 Å². The fourth-order valence-corrected chi connectivity index (χ4v) is 1.42. The minimum absolute atomic E-state index is 0. The van der Waals surface area contributed by atoms with Crippen molar-refractivity contribution >= 4 is 35.6 Å². The molecule has 0 radical (unpaired) electrons. The monoisotopic (exact) mass is 278 g/mol. The molecule has 17 heavy (non-hydrogen) atoms. The van der Waals surface area contributed by atoms with Crippen molar-refractivity contribution < 1.29 is 9.53 Å². The second-order valence-corrected chi connectivity index (χ2v) is 3.76. The summed E-state index contributed by atoms with van der Waals surface area (Å²) >= 11 is 5.92. The van der Waals surface area contributed by atoms with Gasteiger partial charge in [-0.15, -0.1) is 12.4 Å². The molecule has 0 aliphatic rings. The van der Waals surface area contributed by atoms with Gasteiger partial charge in [-0.3, -0.25) is 4.79 Å². The summed E-state index contributed by atoms with van der Waals surface area (Å²) in [5.74, 6) is 0.350. The van der Waals surface area contributed by atoms with Crippen LogP contribution in [0.2, 0.25) is 5.02 Å². The molecule has 0 aromatic heterocycles. The lowest BCUT2D eigenvalue weighted by molar-refractivity contribution is -0.117. The van der Waals surface area contributed by atoms with Crippen LogP contribution < -0.4 is 15.8 Å². The van der Waals surface area contributed by atoms with Gasteiger partial charge in [0.2, 0.25) is 5.91 Å². The van der Waals surface area contributed by atoms with E-state index in [1.165, 1.54) is 7.11 Å². The Hall–Kier alpha value is -0.970. The van der Waals surface area contributed by atoms with Gasteiger partial charge < -0.3 is 15.8 Å². The fraction of sp³-hybridized carbons (Fsp3) is 0.364. The largest absolute Gasteiger partial charge is 0.495 e. The van der Waals surface area contributed by atoms with Crippen LogP contribution in [0.25, 0.3) is 0 Å². The van der Waals surface area contributed by atoms with Crippen molar-refractivity contribution in [2.75, 3.05) is 12.4 Å². The summed E-state index contributed by atoms with van der Waals surface area (Å²) in [7, 11) is 1.53. The van der Waals surface area contributed by atoms with E-state index in [0.717, 1.165) is 0 Å². The number of anilines is 1. The number of carbonyl (C=O) groups excluding carboxylic acids is 1. The highest BCUT2D eigenvalue weighted by Gasteiger charge is 2.11. The van der Waals surface area contributed by atoms with Crippen molar-refractivity contribution in [3.63, 3.8) is 0 Å². The van der Waals surface area contributed by atoms with Gasteiger partial charge in [0, 0.05) is 5.69 Å². The third kappa shape index (κ3) is 4.42. The highest BCUT2D eigenvalue weighted by atomic mass is 35.5. The number of ether oxygens (including phenoxy) is 1. The lowest BCUT2D eigenvalue weighted by Crippen LogP contribution is -2.34. The Balaban J connectivity index is 0.00000256. The fourth-order valence-electron chi connectivity index (χ4n) is 1.16. The number of methoxy groups -OCH3 is 1. The summed E-state index contributed by atoms with van der Waals surface area (Å²) in [6, 6.07) is 4.53. The van der Waals surface area contributed by atoms with Crippen LogP contribution in [-0.2, 0) is 4.79 Å². The first-order chi connectivity index (χ1) is 7.58. The molecular formula is C11H16Cl2N2O2. The number of nitrogens with two attached hydrogens (primary N) is 1. The third-order valence-electron chi connectivity index (χ3n) is 2.20. The number of amides is 1. The van der Waals surface area contributed by atoms with E-state index in [4.69, 9.17) is 22.1 Å². The molecule has 96 valence electrons. The molecule has 4 nitrogen and oxygen atoms in total. The molecule has 0 unspecified atom stereocenters. The summed E-state index contributed by atoms with van der Waals surface area (Å²) in [6.07, 6.45) is 0.593. The molecule has 0 saturated carbocycles. The molecule has 0 aliphatic carbocycles. The smallest absolute Gasteiger partial charge is 0.241 e. The van der Waals surface area contributed by atoms with Gasteiger partial charge in [-0.25, -0.2) is 0 Å². The normalized spacial score (nSPS) is 11.3. The molecule has 1 atom stereocenters. The van der Waals surface area contributed by atoms with Crippen molar-refractivity contribution in [1.82, 2.24) is 0 Å². The molecule has 0 aliphatic heterocycles. The zero-order chi connectivity index (χ0) is 12.1. The maximum atomic E-state index is 11.5. The van der Waals surface area contributed by atoms with Crippen LogP contribution in [0.5, 0.6) is 5.75 Å². The first kappa shape index (κ1) is 16.0. The first-order valence-corrected chi connectivity index (χ1v) is 5.36. The summed E-state index contributed by atoms with van der Waals surface area (Å²) < 4.78 is 5.00. The predicted molar refractivity (Wildman–Crippen MR) is 72.1 cm³/mol. The molecule has 0 spiro atoms. The average molecular weight is 279 g/mol. The Morgan fingerprint density at radius 2 is 2.24 bits per heavy atom. The van der Waals surface area contributed by atoms with Crippen LogP contribution in [0.1, 0.15) is 13.3 Å². The average Bonchev–Trinajstić information content (AvgIpc) is 2.28. The molecule has 1 amide bonds. The van der Waals surface area contributed by atoms with E-state index in [9.17, 15) is 4.79 Å². The van der Waals surface area contributed by atoms with Gasteiger partial charge in [0.15, 0.2) is 0 Å². The minimum atomic E-state index is -0.499. The minimum Gasteiger partial charge on any atom is -0.495 e. The number of carbonyl (C=O) groups is 1. The summed E-state index contributed by atoms with van der Waals surface area (Å²) in [5.41, 5.74) is 6.20. The molecule has 0 bridgehead atoms. The Morgan fingerprint density at radius 3 is 2.71 bits per heavy atom. The molecule has 0 saturated heterocycles. The van der Waals surface area contributed by atoms with E-state index in [-0.39, 0.29) is 18.3 Å². The molecule has 6 heteroatoms. The standard InChI is InChI=1S/C11H15ClN2O2.ClH/c1-3-9(13)11(15)14-7-4-5-10(16-2)8(12)6-7;/h4-6,9H,3,13H2,1-2H3,(H,14,15);1H/t9-;/m0./s1. The van der Waals surface area contributed by atoms with Crippen molar-refractivity contribution in [2.24, 2.45) is 5.73 Å². The summed E-state index contributed by atoms with van der Waals surface area (Å²) in [6.45, 7) is 1.85. The SMILES string of the molecule is CC[C@H](N)C(=O)Nc1ccc(OC)c(Cl)c1.Cl. The van der Waals surface area contributed by atoms with Crippen LogP contribution in [0.3, 0.4) is 0 Å². The van der Waals surface area contributed by atoms with Crippen LogP contribution >= 0.6 is 24.0 Å². The lowest BCUT2D eigenvalue weighted by atomic mass is 10.2. The maximum absolute atomic E-state index is 11.5. The molecule has 1 aromatic rings. The van der Waals surface area contributed by atoms with Gasteiger partial charge in [-0.05, 0) is 24.6 Å². The Bertz CT molecular complexity index is 386. The van der Waals surface area contributed by atoms with E-state index in [0.29, 0.717) is 22.9 Å². The van der Waals surface area contributed by atoms with Crippen molar-refractivity contribution in [2.45, 2.75) is 19.4 Å². The van der Waals surface area contributed by atoms with Gasteiger partial charge in [0.05, 0.1) is 18.2 Å². The Labute approximate surface area is 112 Å². The number of rotatable bonds is 4. The van der Waals surface area contributed by atoms with Crippen LogP contribution in [0.4, 0.5) is 5.69 Å². The van der Waals surface area contributed by atoms with Crippen LogP contribution in [0.15, 0.2) is 18.2 Å². The van der Waals surface area contributed by atoms with Crippen molar-refractivity contribution in [1.29, 1.82) is 0 Å². The van der Waals surface area contributed by atoms with Gasteiger partial charge >= 0.3 is 0 Å². The molecular weight excluding hydrogens is 263 g/mol. The molecule has 3 N–H and O–H groups in total.